The highest BCUT2D eigenvalue weighted by molar-refractivity contribution is 6.30. The minimum Gasteiger partial charge on any atom is -0.489 e. The largest absolute Gasteiger partial charge is 0.489 e. The van der Waals surface area contributed by atoms with Gasteiger partial charge in [-0.15, -0.1) is 12.4 Å². The standard InChI is InChI=1S/C20H23ClN2O2.ClH/c1-14-10-18(8-9-22-14)23-20(24)16-5-3-7-19(12-16)25-13-15-4-2-6-17(21)11-15;/h2-7,11-12,14,18,22H,8-10,13H2,1H3,(H,23,24);1H. The molecule has 0 bridgehead atoms. The molecular formula is C20H24Cl2N2O2. The molecule has 3 rings (SSSR count). The maximum atomic E-state index is 12.5. The van der Waals surface area contributed by atoms with E-state index >= 15 is 0 Å². The second-order valence-electron chi connectivity index (χ2n) is 6.50. The number of ether oxygens (including phenoxy) is 1. The molecule has 6 heteroatoms. The number of carbonyl (C=O) groups excluding carboxylic acids is 1. The molecule has 1 aliphatic rings. The Morgan fingerprint density at radius 2 is 2.08 bits per heavy atom. The fraction of sp³-hybridized carbons (Fsp3) is 0.350. The minimum atomic E-state index is -0.0488. The molecule has 1 amide bonds. The van der Waals surface area contributed by atoms with Crippen LogP contribution in [0, 0.1) is 0 Å². The summed E-state index contributed by atoms with van der Waals surface area (Å²) < 4.78 is 5.80. The quantitative estimate of drug-likeness (QED) is 0.798. The molecule has 0 aliphatic carbocycles. The van der Waals surface area contributed by atoms with E-state index in [0.717, 1.165) is 24.9 Å². The Hall–Kier alpha value is -1.75. The molecule has 4 nitrogen and oxygen atoms in total. The van der Waals surface area contributed by atoms with Gasteiger partial charge in [0.25, 0.3) is 5.91 Å². The van der Waals surface area contributed by atoms with Crippen molar-refractivity contribution in [1.82, 2.24) is 10.6 Å². The maximum Gasteiger partial charge on any atom is 0.251 e. The Labute approximate surface area is 165 Å². The van der Waals surface area contributed by atoms with Crippen LogP contribution in [-0.4, -0.2) is 24.5 Å². The van der Waals surface area contributed by atoms with Crippen LogP contribution in [0.1, 0.15) is 35.7 Å². The molecule has 1 aliphatic heterocycles. The van der Waals surface area contributed by atoms with Gasteiger partial charge in [-0.1, -0.05) is 29.8 Å². The SMILES string of the molecule is CC1CC(NC(=O)c2cccc(OCc3cccc(Cl)c3)c2)CCN1.Cl. The van der Waals surface area contributed by atoms with Gasteiger partial charge in [-0.2, -0.15) is 0 Å². The van der Waals surface area contributed by atoms with E-state index in [1.165, 1.54) is 0 Å². The van der Waals surface area contributed by atoms with Gasteiger partial charge in [-0.3, -0.25) is 4.79 Å². The molecule has 1 fully saturated rings. The number of halogens is 2. The first kappa shape index (κ1) is 20.6. The first-order valence-corrected chi connectivity index (χ1v) is 8.99. The molecule has 140 valence electrons. The summed E-state index contributed by atoms with van der Waals surface area (Å²) in [6.07, 6.45) is 1.91. The molecule has 1 heterocycles. The molecule has 0 spiro atoms. The lowest BCUT2D eigenvalue weighted by Gasteiger charge is -2.28. The fourth-order valence-electron chi connectivity index (χ4n) is 3.05. The van der Waals surface area contributed by atoms with Crippen LogP contribution in [0.15, 0.2) is 48.5 Å². The zero-order valence-corrected chi connectivity index (χ0v) is 16.3. The predicted molar refractivity (Wildman–Crippen MR) is 107 cm³/mol. The van der Waals surface area contributed by atoms with E-state index in [9.17, 15) is 4.79 Å². The average Bonchev–Trinajstić information content (AvgIpc) is 2.60. The van der Waals surface area contributed by atoms with Crippen molar-refractivity contribution in [2.45, 2.75) is 38.5 Å². The summed E-state index contributed by atoms with van der Waals surface area (Å²) in [6, 6.07) is 15.5. The monoisotopic (exact) mass is 394 g/mol. The summed E-state index contributed by atoms with van der Waals surface area (Å²) in [5.74, 6) is 0.624. The van der Waals surface area contributed by atoms with Gasteiger partial charge >= 0.3 is 0 Å². The van der Waals surface area contributed by atoms with Gasteiger partial charge in [0.15, 0.2) is 0 Å². The third-order valence-electron chi connectivity index (χ3n) is 4.35. The molecule has 2 atom stereocenters. The second kappa shape index (κ2) is 9.81. The van der Waals surface area contributed by atoms with E-state index < -0.39 is 0 Å². The maximum absolute atomic E-state index is 12.5. The van der Waals surface area contributed by atoms with Crippen LogP contribution >= 0.6 is 24.0 Å². The number of amides is 1. The number of rotatable bonds is 5. The number of hydrogen-bond donors (Lipinski definition) is 2. The first-order chi connectivity index (χ1) is 12.1. The third kappa shape index (κ3) is 5.90. The summed E-state index contributed by atoms with van der Waals surface area (Å²) in [4.78, 5) is 12.5. The van der Waals surface area contributed by atoms with Crippen molar-refractivity contribution in [1.29, 1.82) is 0 Å². The van der Waals surface area contributed by atoms with E-state index in [-0.39, 0.29) is 24.4 Å². The van der Waals surface area contributed by atoms with Gasteiger partial charge in [0, 0.05) is 22.7 Å². The van der Waals surface area contributed by atoms with Crippen LogP contribution in [0.25, 0.3) is 0 Å². The van der Waals surface area contributed by atoms with Crippen molar-refractivity contribution in [3.63, 3.8) is 0 Å². The first-order valence-electron chi connectivity index (χ1n) is 8.62. The van der Waals surface area contributed by atoms with Gasteiger partial charge in [0.05, 0.1) is 0 Å². The zero-order chi connectivity index (χ0) is 17.6. The van der Waals surface area contributed by atoms with Gasteiger partial charge in [0.2, 0.25) is 0 Å². The molecule has 0 saturated carbocycles. The highest BCUT2D eigenvalue weighted by Crippen LogP contribution is 2.18. The smallest absolute Gasteiger partial charge is 0.251 e. The van der Waals surface area contributed by atoms with Gasteiger partial charge < -0.3 is 15.4 Å². The summed E-state index contributed by atoms with van der Waals surface area (Å²) in [5.41, 5.74) is 1.61. The summed E-state index contributed by atoms with van der Waals surface area (Å²) in [7, 11) is 0. The lowest BCUT2D eigenvalue weighted by molar-refractivity contribution is 0.0925. The fourth-order valence-corrected chi connectivity index (χ4v) is 3.27. The number of benzene rings is 2. The van der Waals surface area contributed by atoms with Crippen molar-refractivity contribution < 1.29 is 9.53 Å². The van der Waals surface area contributed by atoms with E-state index in [1.807, 2.05) is 42.5 Å². The topological polar surface area (TPSA) is 50.4 Å². The van der Waals surface area contributed by atoms with Crippen molar-refractivity contribution >= 4 is 29.9 Å². The zero-order valence-electron chi connectivity index (χ0n) is 14.7. The molecule has 0 aromatic heterocycles. The Balaban J connectivity index is 0.00000243. The highest BCUT2D eigenvalue weighted by Gasteiger charge is 2.20. The number of carbonyl (C=O) groups is 1. The normalized spacial score (nSPS) is 19.3. The summed E-state index contributed by atoms with van der Waals surface area (Å²) >= 11 is 5.98. The van der Waals surface area contributed by atoms with Crippen LogP contribution in [0.5, 0.6) is 5.75 Å². The number of hydrogen-bond acceptors (Lipinski definition) is 3. The Bertz CT molecular complexity index is 739. The average molecular weight is 395 g/mol. The van der Waals surface area contributed by atoms with Crippen molar-refractivity contribution in [3.8, 4) is 5.75 Å². The van der Waals surface area contributed by atoms with Crippen molar-refractivity contribution in [3.05, 3.63) is 64.7 Å². The predicted octanol–water partition coefficient (Wildman–Crippen LogP) is 4.21. The van der Waals surface area contributed by atoms with E-state index in [4.69, 9.17) is 16.3 Å². The van der Waals surface area contributed by atoms with Crippen LogP contribution in [0.2, 0.25) is 5.02 Å². The lowest BCUT2D eigenvalue weighted by atomic mass is 10.0. The summed E-state index contributed by atoms with van der Waals surface area (Å²) in [5, 5.41) is 7.20. The van der Waals surface area contributed by atoms with Crippen molar-refractivity contribution in [2.75, 3.05) is 6.54 Å². The van der Waals surface area contributed by atoms with E-state index in [0.29, 0.717) is 29.0 Å². The van der Waals surface area contributed by atoms with Crippen LogP contribution in [0.3, 0.4) is 0 Å². The lowest BCUT2D eigenvalue weighted by Crippen LogP contribution is -2.46. The Morgan fingerprint density at radius 3 is 2.85 bits per heavy atom. The van der Waals surface area contributed by atoms with E-state index in [1.54, 1.807) is 6.07 Å². The molecule has 1 saturated heterocycles. The van der Waals surface area contributed by atoms with Gasteiger partial charge in [-0.05, 0) is 62.2 Å². The molecule has 0 radical (unpaired) electrons. The summed E-state index contributed by atoms with van der Waals surface area (Å²) in [6.45, 7) is 3.49. The number of piperidine rings is 1. The molecular weight excluding hydrogens is 371 g/mol. The molecule has 2 N–H and O–H groups in total. The molecule has 2 aromatic rings. The van der Waals surface area contributed by atoms with Gasteiger partial charge in [-0.25, -0.2) is 0 Å². The van der Waals surface area contributed by atoms with Crippen molar-refractivity contribution in [2.24, 2.45) is 0 Å². The van der Waals surface area contributed by atoms with Crippen LogP contribution < -0.4 is 15.4 Å². The van der Waals surface area contributed by atoms with Crippen LogP contribution in [0.4, 0.5) is 0 Å². The van der Waals surface area contributed by atoms with Gasteiger partial charge in [0.1, 0.15) is 12.4 Å². The molecule has 2 unspecified atom stereocenters. The number of nitrogens with one attached hydrogen (secondary N) is 2. The molecule has 2 aromatic carbocycles. The second-order valence-corrected chi connectivity index (χ2v) is 6.93. The highest BCUT2D eigenvalue weighted by atomic mass is 35.5. The third-order valence-corrected chi connectivity index (χ3v) is 4.58. The minimum absolute atomic E-state index is 0. The Kier molecular flexibility index (Phi) is 7.76. The Morgan fingerprint density at radius 1 is 1.27 bits per heavy atom. The van der Waals surface area contributed by atoms with E-state index in [2.05, 4.69) is 17.6 Å². The molecule has 26 heavy (non-hydrogen) atoms. The van der Waals surface area contributed by atoms with Crippen LogP contribution in [-0.2, 0) is 6.61 Å².